The van der Waals surface area contributed by atoms with Gasteiger partial charge in [0.25, 0.3) is 0 Å². The van der Waals surface area contributed by atoms with Crippen LogP contribution in [0.15, 0.2) is 276 Å². The van der Waals surface area contributed by atoms with Gasteiger partial charge in [0, 0.05) is 72.3 Å². The molecule has 0 saturated carbocycles. The van der Waals surface area contributed by atoms with Crippen molar-refractivity contribution in [3.05, 3.63) is 300 Å². The van der Waals surface area contributed by atoms with E-state index < -0.39 is 5.41 Å². The van der Waals surface area contributed by atoms with Crippen LogP contribution in [-0.4, -0.2) is 0 Å². The van der Waals surface area contributed by atoms with Crippen LogP contribution in [0.2, 0.25) is 0 Å². The van der Waals surface area contributed by atoms with Crippen LogP contribution in [0.25, 0.3) is 77.3 Å². The topological polar surface area (TPSA) is 42.0 Å². The summed E-state index contributed by atoms with van der Waals surface area (Å²) in [5.41, 5.74) is 22.2. The van der Waals surface area contributed by atoms with Gasteiger partial charge in [-0.25, -0.2) is 0 Å². The van der Waals surface area contributed by atoms with E-state index >= 15 is 0 Å². The normalized spacial score (nSPS) is 13.9. The van der Waals surface area contributed by atoms with Crippen LogP contribution in [0.4, 0.5) is 34.1 Å². The smallest absolute Gasteiger partial charge is 0.156 e. The lowest BCUT2D eigenvalue weighted by molar-refractivity contribution is 0.438. The minimum absolute atomic E-state index is 0.254. The van der Waals surface area contributed by atoms with Crippen LogP contribution >= 0.6 is 0 Å². The largest absolute Gasteiger partial charge is 0.456 e. The highest BCUT2D eigenvalue weighted by atomic mass is 16.5. The highest BCUT2D eigenvalue weighted by molar-refractivity contribution is 6.13. The van der Waals surface area contributed by atoms with Gasteiger partial charge in [0.05, 0.1) is 22.5 Å². The van der Waals surface area contributed by atoms with E-state index in [1.807, 2.05) is 12.1 Å². The van der Waals surface area contributed by atoms with Gasteiger partial charge in [-0.1, -0.05) is 202 Å². The molecule has 3 heterocycles. The van der Waals surface area contributed by atoms with Crippen LogP contribution < -0.4 is 14.5 Å². The highest BCUT2D eigenvalue weighted by Crippen LogP contribution is 2.67. The minimum Gasteiger partial charge on any atom is -0.456 e. The summed E-state index contributed by atoms with van der Waals surface area (Å²) in [6, 6.07) is 96.6. The van der Waals surface area contributed by atoms with Gasteiger partial charge in [0.15, 0.2) is 5.75 Å². The van der Waals surface area contributed by atoms with Crippen LogP contribution in [0.1, 0.15) is 47.2 Å². The molecule has 1 spiro atoms. The molecule has 1 aliphatic heterocycles. The molecule has 17 rings (SSSR count). The second-order valence-corrected chi connectivity index (χ2v) is 22.2. The first-order valence-electron chi connectivity index (χ1n) is 27.9. The van der Waals surface area contributed by atoms with Crippen LogP contribution in [0, 0.1) is 0 Å². The first-order valence-corrected chi connectivity index (χ1v) is 27.9. The lowest BCUT2D eigenvalue weighted by Gasteiger charge is -2.43. The van der Waals surface area contributed by atoms with E-state index in [1.54, 1.807) is 0 Å². The second kappa shape index (κ2) is 17.1. The van der Waals surface area contributed by atoms with Gasteiger partial charge in [-0.15, -0.1) is 0 Å². The Morgan fingerprint density at radius 3 is 1.65 bits per heavy atom. The third kappa shape index (κ3) is 6.37. The Kier molecular flexibility index (Phi) is 9.62. The lowest BCUT2D eigenvalue weighted by Crippen LogP contribution is -2.34. The number of ether oxygens (including phenoxy) is 1. The average Bonchev–Trinajstić information content (AvgIpc) is 4.43. The van der Waals surface area contributed by atoms with Crippen LogP contribution in [-0.2, 0) is 10.8 Å². The van der Waals surface area contributed by atoms with Gasteiger partial charge in [0.2, 0.25) is 0 Å². The molecule has 0 unspecified atom stereocenters. The summed E-state index contributed by atoms with van der Waals surface area (Å²) in [5, 5.41) is 4.27. The van der Waals surface area contributed by atoms with Crippen molar-refractivity contribution in [3.8, 4) is 44.9 Å². The highest BCUT2D eigenvalue weighted by Gasteiger charge is 2.54. The molecular weight excluding hydrogens is 989 g/mol. The summed E-state index contributed by atoms with van der Waals surface area (Å²) in [5.74, 6) is 1.56. The van der Waals surface area contributed by atoms with E-state index in [-0.39, 0.29) is 5.41 Å². The molecule has 0 saturated heterocycles. The van der Waals surface area contributed by atoms with Crippen molar-refractivity contribution in [2.75, 3.05) is 9.80 Å². The summed E-state index contributed by atoms with van der Waals surface area (Å²) >= 11 is 0. The molecule has 0 atom stereocenters. The summed E-state index contributed by atoms with van der Waals surface area (Å²) in [4.78, 5) is 4.88. The summed E-state index contributed by atoms with van der Waals surface area (Å²) < 4.78 is 21.4. The number of fused-ring (bicyclic) bond motifs is 18. The quantitative estimate of drug-likeness (QED) is 0.159. The molecule has 382 valence electrons. The second-order valence-electron chi connectivity index (χ2n) is 22.2. The molecule has 0 fully saturated rings. The first-order chi connectivity index (χ1) is 39.9. The zero-order valence-corrected chi connectivity index (χ0v) is 44.5. The Balaban J connectivity index is 0.982. The van der Waals surface area contributed by atoms with Gasteiger partial charge in [-0.3, -0.25) is 0 Å². The Labute approximate surface area is 468 Å². The number of rotatable bonds is 7. The SMILES string of the molecule is CC1(C)c2ccccc2-c2c(N(c3cc(-c4ccccc4)c4oc5ccccc5c4c3)c3cccc4c3Oc3cccc(N(c5ccccc5)c5ccc6c(c5)oc5ccccc56)c3C43c4ccccc4-c4ccccc43)cccc21. The van der Waals surface area contributed by atoms with E-state index in [2.05, 4.69) is 278 Å². The van der Waals surface area contributed by atoms with E-state index in [4.69, 9.17) is 13.6 Å². The molecule has 3 aliphatic rings. The Morgan fingerprint density at radius 1 is 0.333 bits per heavy atom. The molecule has 81 heavy (non-hydrogen) atoms. The molecule has 14 aromatic rings. The van der Waals surface area contributed by atoms with Crippen molar-refractivity contribution >= 4 is 78.0 Å². The van der Waals surface area contributed by atoms with E-state index in [0.717, 1.165) is 112 Å². The maximum atomic E-state index is 7.90. The molecule has 0 radical (unpaired) electrons. The maximum Gasteiger partial charge on any atom is 0.156 e. The molecule has 2 aliphatic carbocycles. The fraction of sp³-hybridized carbons (Fsp3) is 0.0526. The van der Waals surface area contributed by atoms with Crippen molar-refractivity contribution in [3.63, 3.8) is 0 Å². The van der Waals surface area contributed by atoms with Crippen molar-refractivity contribution in [1.82, 2.24) is 0 Å². The fourth-order valence-corrected chi connectivity index (χ4v) is 14.3. The predicted molar refractivity (Wildman–Crippen MR) is 331 cm³/mol. The number of benzene rings is 12. The molecule has 12 aromatic carbocycles. The third-order valence-corrected chi connectivity index (χ3v) is 17.7. The fourth-order valence-electron chi connectivity index (χ4n) is 14.3. The third-order valence-electron chi connectivity index (χ3n) is 17.7. The van der Waals surface area contributed by atoms with E-state index in [1.165, 1.54) is 44.5 Å². The van der Waals surface area contributed by atoms with E-state index in [9.17, 15) is 0 Å². The zero-order valence-electron chi connectivity index (χ0n) is 44.5. The number of nitrogens with zero attached hydrogens (tertiary/aromatic N) is 2. The van der Waals surface area contributed by atoms with Crippen molar-refractivity contribution < 1.29 is 13.6 Å². The van der Waals surface area contributed by atoms with Gasteiger partial charge >= 0.3 is 0 Å². The molecule has 0 bridgehead atoms. The lowest BCUT2D eigenvalue weighted by atomic mass is 9.65. The molecule has 5 heteroatoms. The number of anilines is 6. The Bertz CT molecular complexity index is 4870. The number of hydrogen-bond donors (Lipinski definition) is 0. The molecular formula is C76H50N2O3. The molecule has 2 aromatic heterocycles. The molecule has 0 amide bonds. The molecule has 5 nitrogen and oxygen atoms in total. The number of hydrogen-bond acceptors (Lipinski definition) is 5. The Morgan fingerprint density at radius 2 is 0.901 bits per heavy atom. The van der Waals surface area contributed by atoms with Crippen molar-refractivity contribution in [2.45, 2.75) is 24.7 Å². The number of para-hydroxylation sites is 4. The van der Waals surface area contributed by atoms with E-state index in [0.29, 0.717) is 0 Å². The maximum absolute atomic E-state index is 7.90. The van der Waals surface area contributed by atoms with Crippen LogP contribution in [0.5, 0.6) is 11.5 Å². The summed E-state index contributed by atoms with van der Waals surface area (Å²) in [6.45, 7) is 4.72. The van der Waals surface area contributed by atoms with Gasteiger partial charge < -0.3 is 23.4 Å². The summed E-state index contributed by atoms with van der Waals surface area (Å²) in [7, 11) is 0. The van der Waals surface area contributed by atoms with Crippen molar-refractivity contribution in [1.29, 1.82) is 0 Å². The first kappa shape index (κ1) is 45.6. The minimum atomic E-state index is -0.877. The summed E-state index contributed by atoms with van der Waals surface area (Å²) in [6.07, 6.45) is 0. The molecule has 0 N–H and O–H groups in total. The average molecular weight is 1040 g/mol. The zero-order chi connectivity index (χ0) is 53.6. The van der Waals surface area contributed by atoms with Gasteiger partial charge in [-0.05, 0) is 117 Å². The van der Waals surface area contributed by atoms with Crippen LogP contribution in [0.3, 0.4) is 0 Å². The Hall–Kier alpha value is -10.4. The van der Waals surface area contributed by atoms with Gasteiger partial charge in [-0.2, -0.15) is 0 Å². The standard InChI is InChI=1S/C76H50N2O3/c1-75(2)59-31-14-11-30-56(59)71-62(75)34-19-36-64(71)78(50-44-57(47-22-5-3-6-23-47)73-58(45-50)54-29-13-18-40-68(54)80-73)66-38-20-35-63-74(66)81-69-41-21-37-65(72(69)76(63)60-32-15-9-26-51(60)52-27-10-16-33-61(52)76)77(48-24-7-4-8-25-48)49-42-43-55-53-28-12-17-39-67(53)79-70(55)46-49/h3-46H,1-2H3. The monoisotopic (exact) mass is 1040 g/mol. The van der Waals surface area contributed by atoms with Crippen molar-refractivity contribution in [2.24, 2.45) is 0 Å². The van der Waals surface area contributed by atoms with Gasteiger partial charge in [0.1, 0.15) is 28.1 Å². The predicted octanol–water partition coefficient (Wildman–Crippen LogP) is 20.9. The number of furan rings is 2.